The van der Waals surface area contributed by atoms with Crippen LogP contribution in [0.3, 0.4) is 0 Å². The molecular formula is C25H24ClFN6O2S. The van der Waals surface area contributed by atoms with Crippen LogP contribution in [0.1, 0.15) is 17.0 Å². The Balaban J connectivity index is 1.20. The van der Waals surface area contributed by atoms with E-state index < -0.39 is 0 Å². The molecule has 11 heteroatoms. The number of ether oxygens (including phenoxy) is 1. The van der Waals surface area contributed by atoms with Crippen molar-refractivity contribution >= 4 is 51.0 Å². The highest BCUT2D eigenvalue weighted by atomic mass is 35.5. The Bertz CT molecular complexity index is 1370. The predicted molar refractivity (Wildman–Crippen MR) is 139 cm³/mol. The second kappa shape index (κ2) is 10.6. The maximum absolute atomic E-state index is 13.2. The Morgan fingerprint density at radius 3 is 2.69 bits per heavy atom. The molecule has 0 saturated carbocycles. The van der Waals surface area contributed by atoms with Gasteiger partial charge in [-0.25, -0.2) is 14.4 Å². The molecule has 1 saturated heterocycles. The number of aryl methyl sites for hydroxylation is 2. The number of hydrogen-bond donors (Lipinski definition) is 2. The van der Waals surface area contributed by atoms with Gasteiger partial charge in [0.2, 0.25) is 5.95 Å². The molecule has 2 aromatic carbocycles. The Kier molecular flexibility index (Phi) is 7.15. The number of anilines is 2. The van der Waals surface area contributed by atoms with Gasteiger partial charge in [-0.15, -0.1) is 0 Å². The van der Waals surface area contributed by atoms with Gasteiger partial charge in [-0.1, -0.05) is 35.1 Å². The Morgan fingerprint density at radius 2 is 1.92 bits per heavy atom. The van der Waals surface area contributed by atoms with Crippen LogP contribution < -0.4 is 15.8 Å². The zero-order chi connectivity index (χ0) is 25.1. The summed E-state index contributed by atoms with van der Waals surface area (Å²) in [6.45, 7) is 1.10. The first kappa shape index (κ1) is 24.2. The molecule has 2 aromatic heterocycles. The van der Waals surface area contributed by atoms with Gasteiger partial charge in [-0.05, 0) is 54.8 Å². The lowest BCUT2D eigenvalue weighted by Crippen LogP contribution is -2.35. The number of aromatic nitrogens is 3. The Labute approximate surface area is 216 Å². The molecule has 0 bridgehead atoms. The second-order valence-corrected chi connectivity index (χ2v) is 10.0. The van der Waals surface area contributed by atoms with E-state index in [-0.39, 0.29) is 30.3 Å². The fourth-order valence-corrected chi connectivity index (χ4v) is 5.13. The molecule has 0 spiro atoms. The van der Waals surface area contributed by atoms with E-state index in [0.29, 0.717) is 46.4 Å². The third kappa shape index (κ3) is 5.83. The number of likely N-dealkylation sites (tertiary alicyclic amines) is 1. The summed E-state index contributed by atoms with van der Waals surface area (Å²) in [5.41, 5.74) is 7.66. The molecule has 8 nitrogen and oxygen atoms in total. The molecule has 5 rings (SSSR count). The van der Waals surface area contributed by atoms with Gasteiger partial charge in [0.15, 0.2) is 17.3 Å². The lowest BCUT2D eigenvalue weighted by Gasteiger charge is -2.18. The van der Waals surface area contributed by atoms with Crippen molar-refractivity contribution in [2.45, 2.75) is 25.3 Å². The number of hydrogen-bond acceptors (Lipinski definition) is 8. The predicted octanol–water partition coefficient (Wildman–Crippen LogP) is 4.34. The van der Waals surface area contributed by atoms with Gasteiger partial charge in [0.05, 0.1) is 5.01 Å². The van der Waals surface area contributed by atoms with Crippen LogP contribution in [-0.2, 0) is 17.6 Å². The fraction of sp³-hybridized carbons (Fsp3) is 0.280. The summed E-state index contributed by atoms with van der Waals surface area (Å²) in [7, 11) is 0. The number of fused-ring (bicyclic) bond motifs is 1. The van der Waals surface area contributed by atoms with Gasteiger partial charge in [-0.2, -0.15) is 4.98 Å². The standard InChI is InChI=1S/C25H24ClFN6O2S/c26-16-4-8-19(9-5-16)35-14-21(34)33-12-11-18(13-33)29-23-22-24(32-25(28)31-23)36-20(30-22)10-3-15-1-6-17(27)7-2-15/h1-2,4-9,18H,3,10-14H2,(H3,28,29,31,32)/t18-/m0/s1. The number of carbonyl (C=O) groups excluding carboxylic acids is 1. The van der Waals surface area contributed by atoms with Crippen LogP contribution in [-0.4, -0.2) is 51.5 Å². The number of halogens is 2. The maximum atomic E-state index is 13.2. The number of nitrogens with two attached hydrogens (primary N) is 1. The van der Waals surface area contributed by atoms with Crippen LogP contribution in [0, 0.1) is 5.82 Å². The normalized spacial score (nSPS) is 15.4. The van der Waals surface area contributed by atoms with Crippen molar-refractivity contribution in [2.24, 2.45) is 0 Å². The van der Waals surface area contributed by atoms with Gasteiger partial charge < -0.3 is 20.7 Å². The van der Waals surface area contributed by atoms with E-state index in [1.54, 1.807) is 41.3 Å². The number of carbonyl (C=O) groups is 1. The molecule has 1 fully saturated rings. The van der Waals surface area contributed by atoms with Gasteiger partial charge >= 0.3 is 0 Å². The van der Waals surface area contributed by atoms with E-state index in [4.69, 9.17) is 27.1 Å². The molecule has 0 aliphatic carbocycles. The average Bonchev–Trinajstić information content (AvgIpc) is 3.50. The van der Waals surface area contributed by atoms with Gasteiger partial charge in [0.1, 0.15) is 17.1 Å². The number of amides is 1. The molecule has 186 valence electrons. The molecule has 0 unspecified atom stereocenters. The third-order valence-electron chi connectivity index (χ3n) is 5.92. The summed E-state index contributed by atoms with van der Waals surface area (Å²) in [6.07, 6.45) is 2.20. The van der Waals surface area contributed by atoms with E-state index >= 15 is 0 Å². The summed E-state index contributed by atoms with van der Waals surface area (Å²) in [5.74, 6) is 0.999. The lowest BCUT2D eigenvalue weighted by atomic mass is 10.1. The molecule has 0 radical (unpaired) electrons. The Hall–Kier alpha value is -3.50. The number of nitrogens with one attached hydrogen (secondary N) is 1. The van der Waals surface area contributed by atoms with E-state index in [1.165, 1.54) is 23.5 Å². The van der Waals surface area contributed by atoms with Crippen LogP contribution in [0.5, 0.6) is 5.75 Å². The van der Waals surface area contributed by atoms with Crippen molar-refractivity contribution < 1.29 is 13.9 Å². The quantitative estimate of drug-likeness (QED) is 0.352. The zero-order valence-electron chi connectivity index (χ0n) is 19.3. The average molecular weight is 527 g/mol. The first-order valence-corrected chi connectivity index (χ1v) is 12.7. The van der Waals surface area contributed by atoms with Crippen LogP contribution in [0.2, 0.25) is 5.02 Å². The van der Waals surface area contributed by atoms with E-state index in [0.717, 1.165) is 23.4 Å². The van der Waals surface area contributed by atoms with Crippen LogP contribution in [0.15, 0.2) is 48.5 Å². The zero-order valence-corrected chi connectivity index (χ0v) is 20.9. The van der Waals surface area contributed by atoms with Crippen molar-refractivity contribution in [3.63, 3.8) is 0 Å². The number of thiazole rings is 1. The minimum Gasteiger partial charge on any atom is -0.484 e. The van der Waals surface area contributed by atoms with E-state index in [1.807, 2.05) is 0 Å². The largest absolute Gasteiger partial charge is 0.484 e. The fourth-order valence-electron chi connectivity index (χ4n) is 4.06. The molecule has 1 atom stereocenters. The van der Waals surface area contributed by atoms with Gasteiger partial charge in [0, 0.05) is 30.6 Å². The van der Waals surface area contributed by atoms with E-state index in [9.17, 15) is 9.18 Å². The van der Waals surface area contributed by atoms with Crippen molar-refractivity contribution in [1.29, 1.82) is 0 Å². The maximum Gasteiger partial charge on any atom is 0.260 e. The molecule has 1 amide bonds. The SMILES string of the molecule is Nc1nc(N[C@H]2CCN(C(=O)COc3ccc(Cl)cc3)C2)c2nc(CCc3ccc(F)cc3)sc2n1. The summed E-state index contributed by atoms with van der Waals surface area (Å²) < 4.78 is 18.7. The summed E-state index contributed by atoms with van der Waals surface area (Å²) in [5, 5.41) is 4.92. The first-order valence-electron chi connectivity index (χ1n) is 11.5. The minimum absolute atomic E-state index is 0.00588. The number of nitrogens with zero attached hydrogens (tertiary/aromatic N) is 4. The van der Waals surface area contributed by atoms with Crippen LogP contribution in [0.25, 0.3) is 10.3 Å². The molecule has 4 aromatic rings. The topological polar surface area (TPSA) is 106 Å². The van der Waals surface area contributed by atoms with Crippen LogP contribution in [0.4, 0.5) is 16.2 Å². The number of benzene rings is 2. The van der Waals surface area contributed by atoms with Crippen LogP contribution >= 0.6 is 22.9 Å². The highest BCUT2D eigenvalue weighted by molar-refractivity contribution is 7.18. The number of nitrogen functional groups attached to an aromatic ring is 1. The highest BCUT2D eigenvalue weighted by Crippen LogP contribution is 2.28. The van der Waals surface area contributed by atoms with Crippen molar-refractivity contribution in [2.75, 3.05) is 30.7 Å². The van der Waals surface area contributed by atoms with Gasteiger partial charge in [-0.3, -0.25) is 4.79 Å². The molecule has 3 heterocycles. The Morgan fingerprint density at radius 1 is 1.14 bits per heavy atom. The van der Waals surface area contributed by atoms with Gasteiger partial charge in [0.25, 0.3) is 5.91 Å². The first-order chi connectivity index (χ1) is 17.4. The molecule has 1 aliphatic rings. The third-order valence-corrected chi connectivity index (χ3v) is 7.18. The van der Waals surface area contributed by atoms with Crippen molar-refractivity contribution in [3.05, 3.63) is 69.9 Å². The van der Waals surface area contributed by atoms with E-state index in [2.05, 4.69) is 15.3 Å². The van der Waals surface area contributed by atoms with Crippen molar-refractivity contribution in [3.8, 4) is 5.75 Å². The number of rotatable bonds is 8. The summed E-state index contributed by atoms with van der Waals surface area (Å²) >= 11 is 7.36. The molecule has 1 aliphatic heterocycles. The molecule has 3 N–H and O–H groups in total. The smallest absolute Gasteiger partial charge is 0.260 e. The molecule has 36 heavy (non-hydrogen) atoms. The summed E-state index contributed by atoms with van der Waals surface area (Å²) in [4.78, 5) is 28.6. The lowest BCUT2D eigenvalue weighted by molar-refractivity contribution is -0.132. The minimum atomic E-state index is -0.249. The van der Waals surface area contributed by atoms with Crippen molar-refractivity contribution in [1.82, 2.24) is 19.9 Å². The summed E-state index contributed by atoms with van der Waals surface area (Å²) in [6, 6.07) is 13.4. The highest BCUT2D eigenvalue weighted by Gasteiger charge is 2.27. The molecular weight excluding hydrogens is 503 g/mol. The monoisotopic (exact) mass is 526 g/mol. The second-order valence-electron chi connectivity index (χ2n) is 8.53.